The maximum absolute atomic E-state index is 12.6. The van der Waals surface area contributed by atoms with Crippen molar-refractivity contribution in [3.8, 4) is 0 Å². The molecule has 1 amide bonds. The molecule has 5 rings (SSSR count). The minimum atomic E-state index is -0.552. The van der Waals surface area contributed by atoms with Gasteiger partial charge < -0.3 is 24.3 Å². The summed E-state index contributed by atoms with van der Waals surface area (Å²) in [4.78, 5) is 37.4. The van der Waals surface area contributed by atoms with Gasteiger partial charge in [0.15, 0.2) is 0 Å². The van der Waals surface area contributed by atoms with E-state index in [-0.39, 0.29) is 23.1 Å². The third-order valence-electron chi connectivity index (χ3n) is 7.50. The molecule has 4 heterocycles. The van der Waals surface area contributed by atoms with Crippen molar-refractivity contribution in [3.05, 3.63) is 52.2 Å². The lowest BCUT2D eigenvalue weighted by Crippen LogP contribution is -2.55. The van der Waals surface area contributed by atoms with Gasteiger partial charge in [0.2, 0.25) is 0 Å². The smallest absolute Gasteiger partial charge is 0.407 e. The fraction of sp³-hybridized carbons (Fsp3) is 0.500. The minimum absolute atomic E-state index is 0.0812. The molecule has 2 aliphatic rings. The molecule has 0 radical (unpaired) electrons. The molecule has 0 aliphatic carbocycles. The van der Waals surface area contributed by atoms with Crippen LogP contribution in [0.4, 0.5) is 10.6 Å². The van der Waals surface area contributed by atoms with Gasteiger partial charge in [-0.3, -0.25) is 4.79 Å². The molecule has 3 aromatic rings. The lowest BCUT2D eigenvalue weighted by Gasteiger charge is -2.42. The van der Waals surface area contributed by atoms with Crippen LogP contribution in [0.25, 0.3) is 10.8 Å². The number of carbonyl (C=O) groups is 1. The SMILES string of the molecule is C[C@@H]1OCC2(CCN(c3cnc(Sc4ccc5ccn(C)c(=O)c5c4Cl)cn3)CC2)[C@@H]1NC(=O)OC(C)(C)C. The zero-order chi connectivity index (χ0) is 27.9. The Morgan fingerprint density at radius 1 is 1.21 bits per heavy atom. The molecule has 2 aromatic heterocycles. The number of rotatable bonds is 4. The maximum atomic E-state index is 12.6. The summed E-state index contributed by atoms with van der Waals surface area (Å²) in [5, 5.41) is 5.52. The van der Waals surface area contributed by atoms with Crippen molar-refractivity contribution in [3.63, 3.8) is 0 Å². The van der Waals surface area contributed by atoms with Gasteiger partial charge in [0.05, 0.1) is 41.6 Å². The number of hydrogen-bond acceptors (Lipinski definition) is 8. The Morgan fingerprint density at radius 3 is 2.62 bits per heavy atom. The molecule has 0 bridgehead atoms. The number of hydrogen-bond donors (Lipinski definition) is 1. The van der Waals surface area contributed by atoms with Gasteiger partial charge in [-0.2, -0.15) is 0 Å². The predicted molar refractivity (Wildman–Crippen MR) is 153 cm³/mol. The summed E-state index contributed by atoms with van der Waals surface area (Å²) in [6.07, 6.45) is 6.48. The zero-order valence-electron chi connectivity index (χ0n) is 22.9. The number of amides is 1. The zero-order valence-corrected chi connectivity index (χ0v) is 24.4. The Morgan fingerprint density at radius 2 is 1.95 bits per heavy atom. The van der Waals surface area contributed by atoms with Gasteiger partial charge in [-0.05, 0) is 58.1 Å². The standard InChI is InChI=1S/C28H34ClN5O4S/c1-17-24(32-26(36)38-27(2,3)4)28(16-37-17)9-12-34(13-10-28)20-14-31-21(15-30-20)39-19-7-6-18-8-11-33(5)25(35)22(18)23(19)29/h6-8,11,14-15,17,24H,9-10,12-13,16H2,1-5H3,(H,32,36)/t17-,24+/m0/s1. The van der Waals surface area contributed by atoms with Crippen LogP contribution in [0.3, 0.4) is 0 Å². The summed E-state index contributed by atoms with van der Waals surface area (Å²) in [5.74, 6) is 0.802. The molecule has 2 fully saturated rings. The van der Waals surface area contributed by atoms with Gasteiger partial charge >= 0.3 is 6.09 Å². The number of benzene rings is 1. The topological polar surface area (TPSA) is 98.6 Å². The molecule has 9 nitrogen and oxygen atoms in total. The molecule has 2 atom stereocenters. The highest BCUT2D eigenvalue weighted by Crippen LogP contribution is 2.43. The third kappa shape index (κ3) is 5.73. The summed E-state index contributed by atoms with van der Waals surface area (Å²) in [6.45, 7) is 9.76. The van der Waals surface area contributed by atoms with Crippen LogP contribution in [-0.4, -0.2) is 58.1 Å². The number of fused-ring (bicyclic) bond motifs is 1. The van der Waals surface area contributed by atoms with Crippen molar-refractivity contribution in [1.82, 2.24) is 19.9 Å². The van der Waals surface area contributed by atoms with E-state index in [2.05, 4.69) is 20.2 Å². The number of anilines is 1. The first kappa shape index (κ1) is 27.7. The maximum Gasteiger partial charge on any atom is 0.407 e. The van der Waals surface area contributed by atoms with Crippen LogP contribution in [-0.2, 0) is 16.5 Å². The Hall–Kier alpha value is -2.82. The van der Waals surface area contributed by atoms with Crippen LogP contribution in [0.2, 0.25) is 5.02 Å². The summed E-state index contributed by atoms with van der Waals surface area (Å²) in [5.41, 5.74) is -0.821. The van der Waals surface area contributed by atoms with Crippen LogP contribution in [0, 0.1) is 5.41 Å². The number of aryl methyl sites for hydroxylation is 1. The molecule has 0 unspecified atom stereocenters. The van der Waals surface area contributed by atoms with Gasteiger partial charge in [-0.25, -0.2) is 14.8 Å². The Labute approximate surface area is 237 Å². The van der Waals surface area contributed by atoms with Crippen molar-refractivity contribution >= 4 is 46.0 Å². The van der Waals surface area contributed by atoms with Crippen LogP contribution < -0.4 is 15.8 Å². The first-order valence-corrected chi connectivity index (χ1v) is 14.3. The molecular weight excluding hydrogens is 538 g/mol. The average molecular weight is 572 g/mol. The largest absolute Gasteiger partial charge is 0.444 e. The predicted octanol–water partition coefficient (Wildman–Crippen LogP) is 5.03. The number of alkyl carbamates (subject to hydrolysis) is 1. The second-order valence-corrected chi connectivity index (χ2v) is 12.8. The van der Waals surface area contributed by atoms with Crippen LogP contribution in [0.15, 0.2) is 51.5 Å². The van der Waals surface area contributed by atoms with Crippen molar-refractivity contribution in [2.45, 2.75) is 68.2 Å². The number of nitrogens with zero attached hydrogens (tertiary/aromatic N) is 4. The van der Waals surface area contributed by atoms with E-state index in [1.165, 1.54) is 16.3 Å². The van der Waals surface area contributed by atoms with E-state index in [1.54, 1.807) is 25.6 Å². The lowest BCUT2D eigenvalue weighted by atomic mass is 9.73. The molecule has 208 valence electrons. The molecular formula is C28H34ClN5O4S. The number of pyridine rings is 1. The fourth-order valence-corrected chi connectivity index (χ4v) is 6.54. The van der Waals surface area contributed by atoms with Gasteiger partial charge in [0.1, 0.15) is 16.4 Å². The second-order valence-electron chi connectivity index (χ2n) is 11.4. The van der Waals surface area contributed by atoms with Crippen LogP contribution in [0.1, 0.15) is 40.5 Å². The molecule has 1 N–H and O–H groups in total. The summed E-state index contributed by atoms with van der Waals surface area (Å²) < 4.78 is 13.0. The van der Waals surface area contributed by atoms with Crippen molar-refractivity contribution in [2.75, 3.05) is 24.6 Å². The number of piperidine rings is 1. The molecule has 11 heteroatoms. The fourth-order valence-electron chi connectivity index (χ4n) is 5.40. The molecule has 0 saturated carbocycles. The Kier molecular flexibility index (Phi) is 7.56. The lowest BCUT2D eigenvalue weighted by molar-refractivity contribution is 0.0434. The third-order valence-corrected chi connectivity index (χ3v) is 8.98. The van der Waals surface area contributed by atoms with E-state index < -0.39 is 11.7 Å². The van der Waals surface area contributed by atoms with E-state index in [4.69, 9.17) is 21.1 Å². The highest BCUT2D eigenvalue weighted by molar-refractivity contribution is 7.99. The summed E-state index contributed by atoms with van der Waals surface area (Å²) >= 11 is 8.01. The van der Waals surface area contributed by atoms with Crippen LogP contribution in [0.5, 0.6) is 0 Å². The summed E-state index contributed by atoms with van der Waals surface area (Å²) in [6, 6.07) is 5.57. The molecule has 2 saturated heterocycles. The summed E-state index contributed by atoms with van der Waals surface area (Å²) in [7, 11) is 1.71. The van der Waals surface area contributed by atoms with Crippen LogP contribution >= 0.6 is 23.4 Å². The number of nitrogens with one attached hydrogen (secondary N) is 1. The minimum Gasteiger partial charge on any atom is -0.444 e. The number of carbonyl (C=O) groups excluding carboxylic acids is 1. The monoisotopic (exact) mass is 571 g/mol. The molecule has 1 spiro atoms. The van der Waals surface area contributed by atoms with Gasteiger partial charge in [-0.1, -0.05) is 29.4 Å². The Balaban J connectivity index is 1.24. The number of ether oxygens (including phenoxy) is 2. The van der Waals surface area contributed by atoms with E-state index >= 15 is 0 Å². The Bertz CT molecular complexity index is 1430. The normalized spacial score (nSPS) is 20.9. The highest BCUT2D eigenvalue weighted by Gasteiger charge is 2.50. The average Bonchev–Trinajstić information content (AvgIpc) is 3.17. The van der Waals surface area contributed by atoms with Gasteiger partial charge in [0, 0.05) is 36.6 Å². The number of aromatic nitrogens is 3. The second kappa shape index (κ2) is 10.6. The highest BCUT2D eigenvalue weighted by atomic mass is 35.5. The van der Waals surface area contributed by atoms with E-state index in [9.17, 15) is 9.59 Å². The van der Waals surface area contributed by atoms with E-state index in [0.717, 1.165) is 42.0 Å². The molecule has 39 heavy (non-hydrogen) atoms. The molecule has 1 aromatic carbocycles. The molecule has 2 aliphatic heterocycles. The van der Waals surface area contributed by atoms with E-state index in [0.29, 0.717) is 22.0 Å². The van der Waals surface area contributed by atoms with Gasteiger partial charge in [-0.15, -0.1) is 0 Å². The first-order chi connectivity index (χ1) is 18.5. The van der Waals surface area contributed by atoms with E-state index in [1.807, 2.05) is 45.9 Å². The quantitative estimate of drug-likeness (QED) is 0.465. The first-order valence-electron chi connectivity index (χ1n) is 13.1. The number of halogens is 1. The van der Waals surface area contributed by atoms with Crippen molar-refractivity contribution < 1.29 is 14.3 Å². The van der Waals surface area contributed by atoms with Crippen molar-refractivity contribution in [2.24, 2.45) is 12.5 Å². The van der Waals surface area contributed by atoms with Crippen molar-refractivity contribution in [1.29, 1.82) is 0 Å². The van der Waals surface area contributed by atoms with Gasteiger partial charge in [0.25, 0.3) is 5.56 Å².